The van der Waals surface area contributed by atoms with Gasteiger partial charge in [-0.15, -0.1) is 0 Å². The Hall–Kier alpha value is -0.0300. The first-order chi connectivity index (χ1) is 10.4. The number of hydrogen-bond acceptors (Lipinski definition) is 1. The summed E-state index contributed by atoms with van der Waals surface area (Å²) in [6.45, 7) is 12.1. The van der Waals surface area contributed by atoms with Crippen LogP contribution in [0.5, 0.6) is 0 Å². The van der Waals surface area contributed by atoms with Crippen LogP contribution in [0.25, 0.3) is 0 Å². The number of nitrogens with zero attached hydrogens (tertiary/aromatic N) is 1. The van der Waals surface area contributed by atoms with E-state index in [4.69, 9.17) is 0 Å². The van der Waals surface area contributed by atoms with Crippen molar-refractivity contribution in [3.63, 3.8) is 0 Å². The van der Waals surface area contributed by atoms with E-state index in [0.29, 0.717) is 10.8 Å². The summed E-state index contributed by atoms with van der Waals surface area (Å²) in [7, 11) is 3.00. The summed E-state index contributed by atoms with van der Waals surface area (Å²) >= 11 is 0. The summed E-state index contributed by atoms with van der Waals surface area (Å²) in [4.78, 5) is 0. The number of rotatable bonds is 0. The lowest BCUT2D eigenvalue weighted by atomic mass is 9.47. The molecule has 4 aliphatic rings. The smallest absolute Gasteiger partial charge is 0.0376 e. The minimum absolute atomic E-state index is 0.527. The summed E-state index contributed by atoms with van der Waals surface area (Å²) in [5.41, 5.74) is 2.53. The van der Waals surface area contributed by atoms with Crippen molar-refractivity contribution in [2.75, 3.05) is 0 Å². The molecule has 124 valence electrons. The number of piperidine rings is 1. The molecule has 0 spiro atoms. The zero-order valence-electron chi connectivity index (χ0n) is 14.8. The topological polar surface area (TPSA) is 3.24 Å². The molecule has 0 aromatic heterocycles. The molecule has 2 heteroatoms. The van der Waals surface area contributed by atoms with E-state index in [0.717, 1.165) is 29.7 Å². The summed E-state index contributed by atoms with van der Waals surface area (Å²) in [6.07, 6.45) is 11.4. The fourth-order valence-electron chi connectivity index (χ4n) is 7.27. The van der Waals surface area contributed by atoms with Gasteiger partial charge in [0.05, 0.1) is 0 Å². The van der Waals surface area contributed by atoms with E-state index in [9.17, 15) is 0 Å². The molecule has 0 radical (unpaired) electrons. The predicted octanol–water partition coefficient (Wildman–Crippen LogP) is 5.63. The van der Waals surface area contributed by atoms with E-state index in [1.165, 1.54) is 57.1 Å². The van der Waals surface area contributed by atoms with Crippen LogP contribution in [0.4, 0.5) is 0 Å². The van der Waals surface area contributed by atoms with Crippen molar-refractivity contribution >= 4 is 9.39 Å². The second-order valence-corrected chi connectivity index (χ2v) is 10.0. The van der Waals surface area contributed by atoms with Gasteiger partial charge in [0.25, 0.3) is 0 Å². The van der Waals surface area contributed by atoms with Gasteiger partial charge in [0, 0.05) is 11.7 Å². The highest BCUT2D eigenvalue weighted by Gasteiger charge is 2.59. The van der Waals surface area contributed by atoms with Crippen LogP contribution in [0, 0.1) is 34.5 Å². The molecule has 22 heavy (non-hydrogen) atoms. The lowest BCUT2D eigenvalue weighted by molar-refractivity contribution is -0.102. The molecule has 0 amide bonds. The molecule has 0 bridgehead atoms. The molecule has 4 fully saturated rings. The summed E-state index contributed by atoms with van der Waals surface area (Å²) < 4.78 is 2.48. The fourth-order valence-corrected chi connectivity index (χ4v) is 7.89. The van der Waals surface area contributed by atoms with Crippen LogP contribution in [0.15, 0.2) is 12.3 Å². The summed E-state index contributed by atoms with van der Waals surface area (Å²) in [5, 5.41) is 0. The fraction of sp³-hybridized carbons (Fsp3) is 0.900. The van der Waals surface area contributed by atoms with Gasteiger partial charge in [-0.3, -0.25) is 0 Å². The molecular weight excluding hydrogens is 285 g/mol. The van der Waals surface area contributed by atoms with Crippen LogP contribution in [-0.2, 0) is 0 Å². The largest absolute Gasteiger partial charge is 0.356 e. The third-order valence-corrected chi connectivity index (χ3v) is 9.67. The monoisotopic (exact) mass is 319 g/mol. The third kappa shape index (κ3) is 1.87. The van der Waals surface area contributed by atoms with Crippen molar-refractivity contribution < 1.29 is 0 Å². The molecule has 3 saturated carbocycles. The Morgan fingerprint density at radius 1 is 1.00 bits per heavy atom. The predicted molar refractivity (Wildman–Crippen MR) is 97.3 cm³/mol. The van der Waals surface area contributed by atoms with Gasteiger partial charge in [-0.2, -0.15) is 0 Å². The van der Waals surface area contributed by atoms with E-state index >= 15 is 0 Å². The minimum Gasteiger partial charge on any atom is -0.356 e. The molecule has 7 unspecified atom stereocenters. The van der Waals surface area contributed by atoms with Gasteiger partial charge < -0.3 is 4.67 Å². The molecule has 1 heterocycles. The third-order valence-electron chi connectivity index (χ3n) is 8.95. The molecule has 8 atom stereocenters. The molecule has 1 nitrogen and oxygen atoms in total. The highest BCUT2D eigenvalue weighted by atomic mass is 31.0. The van der Waals surface area contributed by atoms with Crippen molar-refractivity contribution in [3.8, 4) is 0 Å². The lowest BCUT2D eigenvalue weighted by Crippen LogP contribution is -2.58. The van der Waals surface area contributed by atoms with Crippen molar-refractivity contribution in [1.29, 1.82) is 0 Å². The van der Waals surface area contributed by atoms with Crippen LogP contribution in [0.2, 0.25) is 0 Å². The lowest BCUT2D eigenvalue weighted by Gasteiger charge is -2.62. The Morgan fingerprint density at radius 3 is 2.50 bits per heavy atom. The van der Waals surface area contributed by atoms with Gasteiger partial charge >= 0.3 is 0 Å². The number of fused-ring (bicyclic) bond motifs is 5. The van der Waals surface area contributed by atoms with Crippen LogP contribution in [0.3, 0.4) is 0 Å². The maximum absolute atomic E-state index is 4.30. The molecule has 1 saturated heterocycles. The average Bonchev–Trinajstić information content (AvgIpc) is 2.79. The van der Waals surface area contributed by atoms with Crippen molar-refractivity contribution in [2.45, 2.75) is 78.2 Å². The van der Waals surface area contributed by atoms with E-state index in [1.54, 1.807) is 0 Å². The quantitative estimate of drug-likeness (QED) is 0.523. The molecule has 4 rings (SSSR count). The Labute approximate surface area is 139 Å². The zero-order valence-corrected chi connectivity index (χ0v) is 15.9. The average molecular weight is 319 g/mol. The first-order valence-electron chi connectivity index (χ1n) is 9.59. The maximum atomic E-state index is 4.30. The van der Waals surface area contributed by atoms with Gasteiger partial charge in [-0.1, -0.05) is 27.4 Å². The van der Waals surface area contributed by atoms with Crippen molar-refractivity contribution in [2.24, 2.45) is 34.5 Å². The van der Waals surface area contributed by atoms with E-state index < -0.39 is 0 Å². The maximum Gasteiger partial charge on any atom is 0.0376 e. The van der Waals surface area contributed by atoms with Gasteiger partial charge in [0.2, 0.25) is 0 Å². The highest BCUT2D eigenvalue weighted by molar-refractivity contribution is 7.13. The molecular formula is C20H34NP. The molecule has 0 aromatic rings. The Balaban J connectivity index is 1.65. The minimum atomic E-state index is 0.527. The van der Waals surface area contributed by atoms with E-state index in [1.807, 2.05) is 0 Å². The van der Waals surface area contributed by atoms with Crippen molar-refractivity contribution in [1.82, 2.24) is 4.67 Å². The molecule has 3 aliphatic carbocycles. The van der Waals surface area contributed by atoms with Crippen LogP contribution >= 0.6 is 9.39 Å². The molecule has 1 aliphatic heterocycles. The standard InChI is InChI=1S/C20H34NP/c1-13-5-7-16-15-6-8-18-20(4,11-9-14(2)21(18)22)17(15)10-12-19(13,16)3/h13,15-18H,2,5-12,22H2,1,3-4H3/t13?,15?,16?,17?,18-,19?,20?/m1/s1. The number of allylic oxidation sites excluding steroid dienone is 1. The van der Waals surface area contributed by atoms with Gasteiger partial charge in [0.15, 0.2) is 0 Å². The Bertz CT molecular complexity index is 488. The SMILES string of the molecule is C=C1CCC2(C)C3CCC4(C)C(C)CCC4C3CC[C@H]2N1P. The van der Waals surface area contributed by atoms with Crippen LogP contribution in [0.1, 0.15) is 72.1 Å². The first kappa shape index (κ1) is 15.5. The Morgan fingerprint density at radius 2 is 1.73 bits per heavy atom. The molecule has 0 N–H and O–H groups in total. The van der Waals surface area contributed by atoms with E-state index in [-0.39, 0.29) is 0 Å². The van der Waals surface area contributed by atoms with Crippen molar-refractivity contribution in [3.05, 3.63) is 12.3 Å². The first-order valence-corrected chi connectivity index (χ1v) is 10.1. The number of hydrogen-bond donors (Lipinski definition) is 0. The molecule has 0 aromatic carbocycles. The van der Waals surface area contributed by atoms with E-state index in [2.05, 4.69) is 41.4 Å². The van der Waals surface area contributed by atoms with Crippen LogP contribution in [-0.4, -0.2) is 10.7 Å². The highest BCUT2D eigenvalue weighted by Crippen LogP contribution is 2.66. The Kier molecular flexibility index (Phi) is 3.51. The van der Waals surface area contributed by atoms with Crippen LogP contribution < -0.4 is 0 Å². The normalized spacial score (nSPS) is 54.6. The summed E-state index contributed by atoms with van der Waals surface area (Å²) in [6, 6.07) is 0.725. The summed E-state index contributed by atoms with van der Waals surface area (Å²) in [5.74, 6) is 3.94. The second kappa shape index (κ2) is 4.98. The van der Waals surface area contributed by atoms with Gasteiger partial charge in [0.1, 0.15) is 0 Å². The zero-order chi connectivity index (χ0) is 15.7. The van der Waals surface area contributed by atoms with Gasteiger partial charge in [-0.25, -0.2) is 0 Å². The van der Waals surface area contributed by atoms with Gasteiger partial charge in [-0.05, 0) is 95.3 Å². The second-order valence-electron chi connectivity index (χ2n) is 9.47.